The summed E-state index contributed by atoms with van der Waals surface area (Å²) in [5.41, 5.74) is 8.28. The van der Waals surface area contributed by atoms with E-state index in [2.05, 4.69) is 30.4 Å². The average Bonchev–Trinajstić information content (AvgIpc) is 2.89. The van der Waals surface area contributed by atoms with Crippen LogP contribution in [0.5, 0.6) is 18.0 Å². The third-order valence-electron chi connectivity index (χ3n) is 4.14. The first-order valence-electron chi connectivity index (χ1n) is 10.1. The topological polar surface area (TPSA) is 129 Å². The van der Waals surface area contributed by atoms with Crippen LogP contribution in [-0.2, 0) is 0 Å². The van der Waals surface area contributed by atoms with Crippen molar-refractivity contribution in [3.63, 3.8) is 0 Å². The zero-order chi connectivity index (χ0) is 23.4. The van der Waals surface area contributed by atoms with E-state index in [1.165, 1.54) is 12.4 Å². The van der Waals surface area contributed by atoms with Crippen molar-refractivity contribution in [1.29, 1.82) is 0 Å². The molecule has 4 rings (SSSR count). The Balaban J connectivity index is 1.52. The predicted octanol–water partition coefficient (Wildman–Crippen LogP) is 3.40. The lowest BCUT2D eigenvalue weighted by Crippen LogP contribution is -2.15. The van der Waals surface area contributed by atoms with E-state index in [4.69, 9.17) is 20.2 Å². The molecule has 2 N–H and O–H groups in total. The smallest absolute Gasteiger partial charge is 0.355 e. The van der Waals surface area contributed by atoms with Crippen LogP contribution in [0.3, 0.4) is 0 Å². The van der Waals surface area contributed by atoms with Crippen molar-refractivity contribution in [2.45, 2.75) is 0 Å². The summed E-state index contributed by atoms with van der Waals surface area (Å²) in [5, 5.41) is 11.6. The monoisotopic (exact) mass is 453 g/mol. The number of amidine groups is 1. The Hall–Kier alpha value is -5.12. The third-order valence-corrected chi connectivity index (χ3v) is 4.14. The van der Waals surface area contributed by atoms with Gasteiger partial charge in [0.1, 0.15) is 0 Å². The predicted molar refractivity (Wildman–Crippen MR) is 127 cm³/mol. The van der Waals surface area contributed by atoms with Gasteiger partial charge in [-0.25, -0.2) is 0 Å². The quantitative estimate of drug-likeness (QED) is 0.234. The van der Waals surface area contributed by atoms with E-state index in [1.54, 1.807) is 12.1 Å². The van der Waals surface area contributed by atoms with E-state index in [0.717, 1.165) is 11.1 Å². The minimum absolute atomic E-state index is 0.134. The van der Waals surface area contributed by atoms with Crippen molar-refractivity contribution < 1.29 is 14.5 Å². The van der Waals surface area contributed by atoms with E-state index in [1.807, 2.05) is 78.9 Å². The van der Waals surface area contributed by atoms with Crippen LogP contribution in [0.4, 0.5) is 0 Å². The molecular formula is C24H19N7O3. The SMILES string of the molecule is NC(=NOc1nc(ON=Cc2ccccc2)nc(O/N=C\c2ccccc2)n1)c1ccccc1. The van der Waals surface area contributed by atoms with E-state index >= 15 is 0 Å². The molecule has 0 saturated heterocycles. The van der Waals surface area contributed by atoms with E-state index in [9.17, 15) is 0 Å². The van der Waals surface area contributed by atoms with Crippen molar-refractivity contribution in [1.82, 2.24) is 15.0 Å². The lowest BCUT2D eigenvalue weighted by Gasteiger charge is -2.03. The zero-order valence-electron chi connectivity index (χ0n) is 17.8. The first-order chi connectivity index (χ1) is 16.8. The molecule has 0 atom stereocenters. The maximum Gasteiger partial charge on any atom is 0.355 e. The van der Waals surface area contributed by atoms with Crippen molar-refractivity contribution in [2.24, 2.45) is 21.2 Å². The Morgan fingerprint density at radius 1 is 0.588 bits per heavy atom. The highest BCUT2D eigenvalue weighted by atomic mass is 16.7. The molecule has 1 aromatic heterocycles. The fraction of sp³-hybridized carbons (Fsp3) is 0. The number of nitrogens with two attached hydrogens (primary N) is 1. The molecule has 1 heterocycles. The number of hydrogen-bond acceptors (Lipinski definition) is 9. The lowest BCUT2D eigenvalue weighted by molar-refractivity contribution is 0.251. The van der Waals surface area contributed by atoms with Gasteiger partial charge >= 0.3 is 18.0 Å². The lowest BCUT2D eigenvalue weighted by atomic mass is 10.2. The fourth-order valence-electron chi connectivity index (χ4n) is 2.54. The van der Waals surface area contributed by atoms with E-state index in [0.29, 0.717) is 5.56 Å². The van der Waals surface area contributed by atoms with Crippen LogP contribution in [0.25, 0.3) is 0 Å². The van der Waals surface area contributed by atoms with Gasteiger partial charge in [-0.15, -0.1) is 15.0 Å². The number of hydrogen-bond donors (Lipinski definition) is 1. The second-order valence-electron chi connectivity index (χ2n) is 6.59. The second kappa shape index (κ2) is 11.5. The minimum Gasteiger partial charge on any atom is -0.380 e. The first kappa shape index (κ1) is 22.1. The highest BCUT2D eigenvalue weighted by molar-refractivity contribution is 5.97. The highest BCUT2D eigenvalue weighted by Crippen LogP contribution is 2.16. The molecule has 4 aromatic rings. The maximum atomic E-state index is 5.95. The summed E-state index contributed by atoms with van der Waals surface area (Å²) in [5.74, 6) is 0.134. The number of rotatable bonds is 9. The van der Waals surface area contributed by atoms with Gasteiger partial charge in [-0.1, -0.05) is 106 Å². The summed E-state index contributed by atoms with van der Waals surface area (Å²) in [6.07, 6.45) is 3.01. The largest absolute Gasteiger partial charge is 0.380 e. The van der Waals surface area contributed by atoms with Gasteiger partial charge in [0.05, 0.1) is 12.4 Å². The summed E-state index contributed by atoms with van der Waals surface area (Å²) in [6.45, 7) is 0. The average molecular weight is 453 g/mol. The van der Waals surface area contributed by atoms with Gasteiger partial charge in [-0.3, -0.25) is 0 Å². The second-order valence-corrected chi connectivity index (χ2v) is 6.59. The molecular weight excluding hydrogens is 434 g/mol. The molecule has 10 heteroatoms. The molecule has 0 unspecified atom stereocenters. The molecule has 0 aliphatic rings. The van der Waals surface area contributed by atoms with Crippen LogP contribution in [0, 0.1) is 0 Å². The molecule has 0 aliphatic carbocycles. The normalized spacial score (nSPS) is 11.6. The molecule has 0 bridgehead atoms. The van der Waals surface area contributed by atoms with Gasteiger partial charge < -0.3 is 20.2 Å². The molecule has 10 nitrogen and oxygen atoms in total. The maximum absolute atomic E-state index is 5.95. The Morgan fingerprint density at radius 2 is 1.00 bits per heavy atom. The first-order valence-corrected chi connectivity index (χ1v) is 10.1. The molecule has 3 aromatic carbocycles. The summed E-state index contributed by atoms with van der Waals surface area (Å²) < 4.78 is 0. The summed E-state index contributed by atoms with van der Waals surface area (Å²) in [4.78, 5) is 27.9. The van der Waals surface area contributed by atoms with Gasteiger partial charge in [0.2, 0.25) is 0 Å². The molecule has 34 heavy (non-hydrogen) atoms. The van der Waals surface area contributed by atoms with Gasteiger partial charge in [-0.2, -0.15) is 0 Å². The number of oxime groups is 3. The standard InChI is InChI=1S/C24H19N7O3/c25-21(20-14-8-3-9-15-20)31-34-24-29-22(32-26-16-18-10-4-1-5-11-18)28-23(30-24)33-27-17-19-12-6-2-7-13-19/h1-17H,(H2,25,31)/b26-16-,27-17?. The summed E-state index contributed by atoms with van der Waals surface area (Å²) in [6, 6.07) is 27.3. The van der Waals surface area contributed by atoms with E-state index in [-0.39, 0.29) is 23.9 Å². The van der Waals surface area contributed by atoms with Gasteiger partial charge in [0.15, 0.2) is 5.84 Å². The minimum atomic E-state index is -0.219. The molecule has 0 saturated carbocycles. The van der Waals surface area contributed by atoms with Crippen LogP contribution in [0.1, 0.15) is 16.7 Å². The fourth-order valence-corrected chi connectivity index (χ4v) is 2.54. The van der Waals surface area contributed by atoms with Crippen molar-refractivity contribution in [3.8, 4) is 18.0 Å². The van der Waals surface area contributed by atoms with Crippen LogP contribution in [-0.4, -0.2) is 33.2 Å². The van der Waals surface area contributed by atoms with Gasteiger partial charge in [-0.05, 0) is 11.1 Å². The Bertz CT molecular complexity index is 1210. The third kappa shape index (κ3) is 6.69. The van der Waals surface area contributed by atoms with Gasteiger partial charge in [0, 0.05) is 5.56 Å². The summed E-state index contributed by atoms with van der Waals surface area (Å²) >= 11 is 0. The number of benzene rings is 3. The van der Waals surface area contributed by atoms with Gasteiger partial charge in [0.25, 0.3) is 0 Å². The molecule has 0 fully saturated rings. The number of aromatic nitrogens is 3. The van der Waals surface area contributed by atoms with Crippen LogP contribution in [0.15, 0.2) is 106 Å². The van der Waals surface area contributed by atoms with Crippen molar-refractivity contribution in [3.05, 3.63) is 108 Å². The van der Waals surface area contributed by atoms with E-state index < -0.39 is 0 Å². The molecule has 0 aliphatic heterocycles. The van der Waals surface area contributed by atoms with Crippen LogP contribution >= 0.6 is 0 Å². The van der Waals surface area contributed by atoms with Crippen LogP contribution < -0.4 is 20.2 Å². The molecule has 0 amide bonds. The summed E-state index contributed by atoms with van der Waals surface area (Å²) in [7, 11) is 0. The van der Waals surface area contributed by atoms with Crippen LogP contribution in [0.2, 0.25) is 0 Å². The zero-order valence-corrected chi connectivity index (χ0v) is 17.8. The highest BCUT2D eigenvalue weighted by Gasteiger charge is 2.11. The van der Waals surface area contributed by atoms with Crippen molar-refractivity contribution in [2.75, 3.05) is 0 Å². The molecule has 0 spiro atoms. The molecule has 0 radical (unpaired) electrons. The number of nitrogens with zero attached hydrogens (tertiary/aromatic N) is 6. The Kier molecular flexibility index (Phi) is 7.46. The van der Waals surface area contributed by atoms with Crippen molar-refractivity contribution >= 4 is 18.3 Å². The Morgan fingerprint density at radius 3 is 1.47 bits per heavy atom. The Labute approximate surface area is 195 Å². The molecule has 168 valence electrons.